The van der Waals surface area contributed by atoms with Gasteiger partial charge in [-0.3, -0.25) is 0 Å². The molecule has 1 aliphatic rings. The van der Waals surface area contributed by atoms with E-state index in [1.54, 1.807) is 0 Å². The highest BCUT2D eigenvalue weighted by Crippen LogP contribution is 2.13. The van der Waals surface area contributed by atoms with Crippen molar-refractivity contribution in [3.63, 3.8) is 0 Å². The second kappa shape index (κ2) is 2.44. The largest absolute Gasteiger partial charge is 0.276 e. The molecule has 1 heterocycles. The number of nitrogens with two attached hydrogens (primary N) is 1. The molecule has 0 aromatic heterocycles. The Hall–Kier alpha value is -0.200. The fraction of sp³-hybridized carbons (Fsp3) is 1.00. The molecule has 4 nitrogen and oxygen atoms in total. The van der Waals surface area contributed by atoms with Gasteiger partial charge in [0.25, 0.3) is 10.2 Å². The van der Waals surface area contributed by atoms with E-state index < -0.39 is 16.4 Å². The lowest BCUT2D eigenvalue weighted by molar-refractivity contribution is 0.343. The maximum atomic E-state index is 12.3. The first kappa shape index (κ1) is 7.90. The van der Waals surface area contributed by atoms with Crippen LogP contribution in [0.5, 0.6) is 0 Å². The SMILES string of the molecule is NS(=O)(=O)N1CC[C@@H](F)C1. The summed E-state index contributed by atoms with van der Waals surface area (Å²) in [6.07, 6.45) is -0.783. The molecule has 0 aromatic rings. The van der Waals surface area contributed by atoms with Crippen molar-refractivity contribution in [2.24, 2.45) is 5.14 Å². The van der Waals surface area contributed by atoms with Crippen LogP contribution in [0.1, 0.15) is 6.42 Å². The van der Waals surface area contributed by atoms with Crippen molar-refractivity contribution in [2.75, 3.05) is 13.1 Å². The maximum Gasteiger partial charge on any atom is 0.276 e. The third-order valence-corrected chi connectivity index (χ3v) is 2.50. The second-order valence-electron chi connectivity index (χ2n) is 2.29. The molecule has 0 unspecified atom stereocenters. The Morgan fingerprint density at radius 3 is 2.40 bits per heavy atom. The Balaban J connectivity index is 2.62. The van der Waals surface area contributed by atoms with Crippen LogP contribution in [0, 0.1) is 0 Å². The molecule has 0 spiro atoms. The van der Waals surface area contributed by atoms with Gasteiger partial charge in [-0.05, 0) is 6.42 Å². The van der Waals surface area contributed by atoms with E-state index in [1.165, 1.54) is 0 Å². The third-order valence-electron chi connectivity index (χ3n) is 1.45. The minimum absolute atomic E-state index is 0.0845. The van der Waals surface area contributed by atoms with E-state index in [2.05, 4.69) is 0 Å². The molecule has 1 atom stereocenters. The number of hydrogen-bond donors (Lipinski definition) is 1. The third kappa shape index (κ3) is 1.65. The van der Waals surface area contributed by atoms with Gasteiger partial charge in [-0.1, -0.05) is 0 Å². The van der Waals surface area contributed by atoms with Crippen molar-refractivity contribution in [3.05, 3.63) is 0 Å². The van der Waals surface area contributed by atoms with Crippen molar-refractivity contribution >= 4 is 10.2 Å². The van der Waals surface area contributed by atoms with Crippen molar-refractivity contribution in [1.82, 2.24) is 4.31 Å². The van der Waals surface area contributed by atoms with Gasteiger partial charge in [0.15, 0.2) is 0 Å². The van der Waals surface area contributed by atoms with Crippen molar-refractivity contribution in [2.45, 2.75) is 12.6 Å². The lowest BCUT2D eigenvalue weighted by Crippen LogP contribution is -2.34. The van der Waals surface area contributed by atoms with Gasteiger partial charge >= 0.3 is 0 Å². The summed E-state index contributed by atoms with van der Waals surface area (Å²) in [6.45, 7) is 0.124. The standard InChI is InChI=1S/C4H9FN2O2S/c5-4-1-2-7(3-4)10(6,8)9/h4H,1-3H2,(H2,6,8,9)/t4-/m1/s1. The van der Waals surface area contributed by atoms with E-state index in [1.807, 2.05) is 0 Å². The minimum atomic E-state index is -3.64. The lowest BCUT2D eigenvalue weighted by atomic mass is 10.4. The monoisotopic (exact) mass is 168 g/mol. The Morgan fingerprint density at radius 1 is 1.60 bits per heavy atom. The highest BCUT2D eigenvalue weighted by molar-refractivity contribution is 7.86. The van der Waals surface area contributed by atoms with E-state index in [0.29, 0.717) is 0 Å². The summed E-state index contributed by atoms with van der Waals surface area (Å²) in [5.41, 5.74) is 0. The first-order valence-corrected chi connectivity index (χ1v) is 4.42. The Bertz CT molecular complexity index is 215. The number of halogens is 1. The molecule has 10 heavy (non-hydrogen) atoms. The first-order valence-electron chi connectivity index (χ1n) is 2.92. The summed E-state index contributed by atoms with van der Waals surface area (Å²) in [7, 11) is -3.64. The van der Waals surface area contributed by atoms with Crippen LogP contribution in [-0.4, -0.2) is 32.0 Å². The summed E-state index contributed by atoms with van der Waals surface area (Å²) in [5.74, 6) is 0. The van der Waals surface area contributed by atoms with Crippen LogP contribution in [0.3, 0.4) is 0 Å². The molecular formula is C4H9FN2O2S. The van der Waals surface area contributed by atoms with Gasteiger partial charge in [-0.15, -0.1) is 0 Å². The van der Waals surface area contributed by atoms with Crippen LogP contribution in [-0.2, 0) is 10.2 Å². The molecule has 60 valence electrons. The summed E-state index contributed by atoms with van der Waals surface area (Å²) >= 11 is 0. The van der Waals surface area contributed by atoms with Crippen molar-refractivity contribution < 1.29 is 12.8 Å². The van der Waals surface area contributed by atoms with Crippen LogP contribution in [0.2, 0.25) is 0 Å². The number of alkyl halides is 1. The van der Waals surface area contributed by atoms with Crippen LogP contribution in [0.15, 0.2) is 0 Å². The zero-order valence-electron chi connectivity index (χ0n) is 5.33. The smallest absolute Gasteiger partial charge is 0.246 e. The summed E-state index contributed by atoms with van der Waals surface area (Å²) in [5, 5.41) is 4.73. The molecule has 1 saturated heterocycles. The highest BCUT2D eigenvalue weighted by Gasteiger charge is 2.28. The molecule has 0 amide bonds. The van der Waals surface area contributed by atoms with Gasteiger partial charge in [0, 0.05) is 13.1 Å². The average Bonchev–Trinajstić information content (AvgIpc) is 2.11. The van der Waals surface area contributed by atoms with Crippen LogP contribution in [0.25, 0.3) is 0 Å². The normalized spacial score (nSPS) is 29.2. The van der Waals surface area contributed by atoms with E-state index in [0.717, 1.165) is 4.31 Å². The van der Waals surface area contributed by atoms with Crippen LogP contribution < -0.4 is 5.14 Å². The molecule has 0 saturated carbocycles. The molecule has 1 rings (SSSR count). The van der Waals surface area contributed by atoms with E-state index in [9.17, 15) is 12.8 Å². The summed E-state index contributed by atoms with van der Waals surface area (Å²) in [6, 6.07) is 0. The first-order chi connectivity index (χ1) is 4.50. The molecule has 0 bridgehead atoms. The lowest BCUT2D eigenvalue weighted by Gasteiger charge is -2.09. The molecule has 0 radical (unpaired) electrons. The van der Waals surface area contributed by atoms with Crippen molar-refractivity contribution in [1.29, 1.82) is 0 Å². The van der Waals surface area contributed by atoms with Crippen LogP contribution in [0.4, 0.5) is 4.39 Å². The molecular weight excluding hydrogens is 159 g/mol. The molecule has 6 heteroatoms. The van der Waals surface area contributed by atoms with E-state index in [-0.39, 0.29) is 19.5 Å². The van der Waals surface area contributed by atoms with E-state index in [4.69, 9.17) is 5.14 Å². The second-order valence-corrected chi connectivity index (χ2v) is 3.84. The zero-order valence-corrected chi connectivity index (χ0v) is 6.14. The van der Waals surface area contributed by atoms with Gasteiger partial charge in [0.05, 0.1) is 0 Å². The molecule has 0 aromatic carbocycles. The molecule has 2 N–H and O–H groups in total. The number of rotatable bonds is 1. The quantitative estimate of drug-likeness (QED) is 0.559. The zero-order chi connectivity index (χ0) is 7.78. The topological polar surface area (TPSA) is 63.4 Å². The van der Waals surface area contributed by atoms with Crippen molar-refractivity contribution in [3.8, 4) is 0 Å². The van der Waals surface area contributed by atoms with Gasteiger partial charge < -0.3 is 0 Å². The number of nitrogens with zero attached hydrogens (tertiary/aromatic N) is 1. The Morgan fingerprint density at radius 2 is 2.20 bits per heavy atom. The van der Waals surface area contributed by atoms with Crippen LogP contribution >= 0.6 is 0 Å². The predicted molar refractivity (Wildman–Crippen MR) is 34.2 cm³/mol. The van der Waals surface area contributed by atoms with E-state index >= 15 is 0 Å². The number of hydrogen-bond acceptors (Lipinski definition) is 2. The minimum Gasteiger partial charge on any atom is -0.246 e. The maximum absolute atomic E-state index is 12.3. The van der Waals surface area contributed by atoms with Gasteiger partial charge in [0.1, 0.15) is 6.17 Å². The van der Waals surface area contributed by atoms with Gasteiger partial charge in [-0.25, -0.2) is 9.53 Å². The molecule has 0 aliphatic carbocycles. The highest BCUT2D eigenvalue weighted by atomic mass is 32.2. The Kier molecular flexibility index (Phi) is 1.93. The average molecular weight is 168 g/mol. The predicted octanol–water partition coefficient (Wildman–Crippen LogP) is -0.766. The van der Waals surface area contributed by atoms with Gasteiger partial charge in [0.2, 0.25) is 0 Å². The molecule has 1 fully saturated rings. The Labute approximate surface area is 59.0 Å². The summed E-state index contributed by atoms with van der Waals surface area (Å²) < 4.78 is 34.3. The fourth-order valence-corrected chi connectivity index (χ4v) is 1.65. The fourth-order valence-electron chi connectivity index (χ4n) is 0.919. The molecule has 1 aliphatic heterocycles. The summed E-state index contributed by atoms with van der Waals surface area (Å²) in [4.78, 5) is 0. The van der Waals surface area contributed by atoms with Gasteiger partial charge in [-0.2, -0.15) is 12.7 Å².